The molecule has 0 atom stereocenters. The lowest BCUT2D eigenvalue weighted by Crippen LogP contribution is -2.27. The first-order chi connectivity index (χ1) is 11.6. The molecule has 2 aromatic rings. The summed E-state index contributed by atoms with van der Waals surface area (Å²) in [6.45, 7) is 0.779. The molecule has 124 valence electrons. The van der Waals surface area contributed by atoms with Crippen molar-refractivity contribution in [3.63, 3.8) is 0 Å². The first-order valence-electron chi connectivity index (χ1n) is 7.27. The molecule has 0 unspecified atom stereocenters. The minimum absolute atomic E-state index is 0.156. The number of nitrogens with one attached hydrogen (secondary N) is 2. The van der Waals surface area contributed by atoms with Gasteiger partial charge in [0.15, 0.2) is 0 Å². The van der Waals surface area contributed by atoms with Gasteiger partial charge in [-0.3, -0.25) is 9.59 Å². The second-order valence-corrected chi connectivity index (χ2v) is 6.55. The third kappa shape index (κ3) is 5.62. The van der Waals surface area contributed by atoms with Crippen molar-refractivity contribution in [2.45, 2.75) is 13.1 Å². The highest BCUT2D eigenvalue weighted by atomic mass is 79.9. The molecule has 0 saturated carbocycles. The molecule has 4 nitrogen and oxygen atoms in total. The van der Waals surface area contributed by atoms with E-state index in [-0.39, 0.29) is 20.8 Å². The van der Waals surface area contributed by atoms with Crippen molar-refractivity contribution in [1.82, 2.24) is 10.6 Å². The van der Waals surface area contributed by atoms with Gasteiger partial charge in [-0.2, -0.15) is 0 Å². The van der Waals surface area contributed by atoms with E-state index < -0.39 is 0 Å². The molecule has 0 radical (unpaired) electrons. The maximum atomic E-state index is 12.1. The molecule has 0 aliphatic rings. The quantitative estimate of drug-likeness (QED) is 0.659. The molecule has 0 spiro atoms. The molecule has 0 aromatic heterocycles. The minimum Gasteiger partial charge on any atom is -0.347 e. The topological polar surface area (TPSA) is 58.2 Å². The fourth-order valence-electron chi connectivity index (χ4n) is 1.91. The lowest BCUT2D eigenvalue weighted by molar-refractivity contribution is -0.119. The molecule has 2 N–H and O–H groups in total. The Labute approximate surface area is 157 Å². The van der Waals surface area contributed by atoms with Crippen LogP contribution in [0.3, 0.4) is 0 Å². The summed E-state index contributed by atoms with van der Waals surface area (Å²) in [5, 5.41) is 5.51. The molecule has 6 heteroatoms. The Bertz CT molecular complexity index is 668. The SMILES string of the molecule is O=C(NCc1ccccc1)C(Br)=C(Br)C(=O)NCc1ccccc1. The lowest BCUT2D eigenvalue weighted by atomic mass is 10.2. The van der Waals surface area contributed by atoms with Gasteiger partial charge < -0.3 is 10.6 Å². The van der Waals surface area contributed by atoms with Crippen LogP contribution in [0, 0.1) is 0 Å². The summed E-state index contributed by atoms with van der Waals surface area (Å²) in [7, 11) is 0. The number of carbonyl (C=O) groups is 2. The first-order valence-corrected chi connectivity index (χ1v) is 8.86. The third-order valence-electron chi connectivity index (χ3n) is 3.18. The molecule has 2 rings (SSSR count). The highest BCUT2D eigenvalue weighted by Crippen LogP contribution is 2.19. The van der Waals surface area contributed by atoms with Gasteiger partial charge in [0.2, 0.25) is 0 Å². The van der Waals surface area contributed by atoms with Gasteiger partial charge in [-0.25, -0.2) is 0 Å². The van der Waals surface area contributed by atoms with Crippen molar-refractivity contribution in [2.75, 3.05) is 0 Å². The van der Waals surface area contributed by atoms with Crippen molar-refractivity contribution < 1.29 is 9.59 Å². The molecule has 0 aliphatic carbocycles. The maximum absolute atomic E-state index is 12.1. The summed E-state index contributed by atoms with van der Waals surface area (Å²) >= 11 is 6.34. The van der Waals surface area contributed by atoms with Crippen LogP contribution in [0.15, 0.2) is 69.6 Å². The molecular weight excluding hydrogens is 436 g/mol. The van der Waals surface area contributed by atoms with Crippen LogP contribution in [0.2, 0.25) is 0 Å². The number of amides is 2. The van der Waals surface area contributed by atoms with Gasteiger partial charge in [0.05, 0.1) is 0 Å². The Morgan fingerprint density at radius 1 is 0.667 bits per heavy atom. The van der Waals surface area contributed by atoms with E-state index >= 15 is 0 Å². The van der Waals surface area contributed by atoms with Crippen LogP contribution in [-0.2, 0) is 22.7 Å². The number of rotatable bonds is 6. The molecular formula is C18H16Br2N2O2. The zero-order valence-corrected chi connectivity index (χ0v) is 15.9. The van der Waals surface area contributed by atoms with Crippen molar-refractivity contribution >= 4 is 43.7 Å². The van der Waals surface area contributed by atoms with E-state index in [1.54, 1.807) is 0 Å². The van der Waals surface area contributed by atoms with Crippen LogP contribution in [0.4, 0.5) is 0 Å². The number of hydrogen-bond donors (Lipinski definition) is 2. The predicted molar refractivity (Wildman–Crippen MR) is 101 cm³/mol. The maximum Gasteiger partial charge on any atom is 0.259 e. The molecule has 0 saturated heterocycles. The fraction of sp³-hybridized carbons (Fsp3) is 0.111. The predicted octanol–water partition coefficient (Wildman–Crippen LogP) is 3.62. The summed E-state index contributed by atoms with van der Waals surface area (Å²) in [6, 6.07) is 19.1. The summed E-state index contributed by atoms with van der Waals surface area (Å²) in [6.07, 6.45) is 0. The van der Waals surface area contributed by atoms with Crippen molar-refractivity contribution in [3.8, 4) is 0 Å². The summed E-state index contributed by atoms with van der Waals surface area (Å²) < 4.78 is 0.313. The van der Waals surface area contributed by atoms with E-state index in [1.165, 1.54) is 0 Å². The van der Waals surface area contributed by atoms with Crippen molar-refractivity contribution in [2.24, 2.45) is 0 Å². The molecule has 24 heavy (non-hydrogen) atoms. The number of carbonyl (C=O) groups excluding carboxylic acids is 2. The number of hydrogen-bond acceptors (Lipinski definition) is 2. The standard InChI is InChI=1S/C18H16Br2N2O2/c19-15(17(23)21-11-13-7-3-1-4-8-13)16(20)18(24)22-12-14-9-5-2-6-10-14/h1-10H,11-12H2,(H,21,23)(H,22,24). The Morgan fingerprint density at radius 2 is 1.00 bits per heavy atom. The van der Waals surface area contributed by atoms with E-state index in [4.69, 9.17) is 0 Å². The zero-order valence-electron chi connectivity index (χ0n) is 12.8. The highest BCUT2D eigenvalue weighted by molar-refractivity contribution is 9.14. The largest absolute Gasteiger partial charge is 0.347 e. The Hall–Kier alpha value is -1.92. The van der Waals surface area contributed by atoms with Crippen LogP contribution in [0.5, 0.6) is 0 Å². The van der Waals surface area contributed by atoms with Gasteiger partial charge in [-0.15, -0.1) is 0 Å². The summed E-state index contributed by atoms with van der Waals surface area (Å²) in [5.74, 6) is -0.721. The van der Waals surface area contributed by atoms with E-state index in [2.05, 4.69) is 42.5 Å². The molecule has 0 bridgehead atoms. The second-order valence-electron chi connectivity index (χ2n) is 4.96. The van der Waals surface area contributed by atoms with Gasteiger partial charge in [0.25, 0.3) is 11.8 Å². The molecule has 0 aliphatic heterocycles. The summed E-state index contributed by atoms with van der Waals surface area (Å²) in [4.78, 5) is 24.2. The minimum atomic E-state index is -0.361. The highest BCUT2D eigenvalue weighted by Gasteiger charge is 2.16. The van der Waals surface area contributed by atoms with Crippen molar-refractivity contribution in [3.05, 3.63) is 80.8 Å². The Balaban J connectivity index is 1.90. The van der Waals surface area contributed by atoms with E-state index in [1.807, 2.05) is 60.7 Å². The van der Waals surface area contributed by atoms with E-state index in [0.717, 1.165) is 11.1 Å². The molecule has 2 amide bonds. The molecule has 0 fully saturated rings. The normalized spacial score (nSPS) is 11.4. The molecule has 0 heterocycles. The van der Waals surface area contributed by atoms with Crippen LogP contribution < -0.4 is 10.6 Å². The smallest absolute Gasteiger partial charge is 0.259 e. The van der Waals surface area contributed by atoms with Gasteiger partial charge in [0, 0.05) is 13.1 Å². The van der Waals surface area contributed by atoms with Gasteiger partial charge >= 0.3 is 0 Å². The van der Waals surface area contributed by atoms with Crippen LogP contribution in [-0.4, -0.2) is 11.8 Å². The number of benzene rings is 2. The average molecular weight is 452 g/mol. The van der Waals surface area contributed by atoms with Gasteiger partial charge in [-0.1, -0.05) is 60.7 Å². The third-order valence-corrected chi connectivity index (χ3v) is 5.23. The van der Waals surface area contributed by atoms with Crippen LogP contribution in [0.25, 0.3) is 0 Å². The van der Waals surface area contributed by atoms with Crippen LogP contribution in [0.1, 0.15) is 11.1 Å². The monoisotopic (exact) mass is 450 g/mol. The summed E-state index contributed by atoms with van der Waals surface area (Å²) in [5.41, 5.74) is 1.96. The van der Waals surface area contributed by atoms with E-state index in [0.29, 0.717) is 13.1 Å². The number of halogens is 2. The van der Waals surface area contributed by atoms with Crippen molar-refractivity contribution in [1.29, 1.82) is 0 Å². The van der Waals surface area contributed by atoms with Gasteiger partial charge in [-0.05, 0) is 43.0 Å². The Morgan fingerprint density at radius 3 is 1.33 bits per heavy atom. The average Bonchev–Trinajstić information content (AvgIpc) is 2.64. The van der Waals surface area contributed by atoms with E-state index in [9.17, 15) is 9.59 Å². The van der Waals surface area contributed by atoms with Gasteiger partial charge in [0.1, 0.15) is 8.96 Å². The second kappa shape index (κ2) is 9.39. The van der Waals surface area contributed by atoms with Crippen LogP contribution >= 0.6 is 31.9 Å². The molecule has 2 aromatic carbocycles. The fourth-order valence-corrected chi connectivity index (χ4v) is 2.55. The lowest BCUT2D eigenvalue weighted by Gasteiger charge is -2.08. The first kappa shape index (κ1) is 18.4. The zero-order chi connectivity index (χ0) is 17.4. The Kier molecular flexibility index (Phi) is 7.21.